The topological polar surface area (TPSA) is 33.3 Å². The van der Waals surface area contributed by atoms with Crippen molar-refractivity contribution in [2.24, 2.45) is 0 Å². The van der Waals surface area contributed by atoms with Crippen LogP contribution in [0.15, 0.2) is 0 Å². The number of ether oxygens (including phenoxy) is 1. The van der Waals surface area contributed by atoms with E-state index < -0.39 is 0 Å². The van der Waals surface area contributed by atoms with Crippen molar-refractivity contribution in [1.29, 1.82) is 0 Å². The Morgan fingerprint density at radius 3 is 2.67 bits per heavy atom. The van der Waals surface area contributed by atoms with Gasteiger partial charge in [0, 0.05) is 18.7 Å². The van der Waals surface area contributed by atoms with E-state index in [4.69, 9.17) is 17.0 Å². The predicted octanol–water partition coefficient (Wildman–Crippen LogP) is 1.82. The quantitative estimate of drug-likeness (QED) is 0.709. The van der Waals surface area contributed by atoms with Crippen molar-refractivity contribution in [3.8, 4) is 0 Å². The first-order chi connectivity index (χ1) is 6.89. The fraction of sp³-hybridized carbons (Fsp3) is 0.909. The van der Waals surface area contributed by atoms with Crippen LogP contribution in [0.5, 0.6) is 0 Å². The highest BCUT2D eigenvalue weighted by molar-refractivity contribution is 7.80. The van der Waals surface area contributed by atoms with Crippen LogP contribution in [0, 0.1) is 0 Å². The molecule has 15 heavy (non-hydrogen) atoms. The van der Waals surface area contributed by atoms with Gasteiger partial charge < -0.3 is 15.4 Å². The van der Waals surface area contributed by atoms with E-state index in [9.17, 15) is 0 Å². The lowest BCUT2D eigenvalue weighted by molar-refractivity contribution is -0.0604. The molecule has 0 amide bonds. The largest absolute Gasteiger partial charge is 0.375 e. The normalized spacial score (nSPS) is 25.0. The van der Waals surface area contributed by atoms with Crippen LogP contribution in [0.25, 0.3) is 0 Å². The van der Waals surface area contributed by atoms with Gasteiger partial charge in [-0.2, -0.15) is 0 Å². The molecule has 0 aromatic carbocycles. The number of thiocarbonyl (C=S) groups is 1. The number of hydrogen-bond donors (Lipinski definition) is 2. The molecule has 0 aromatic heterocycles. The maximum Gasteiger partial charge on any atom is 0.166 e. The van der Waals surface area contributed by atoms with Crippen molar-refractivity contribution < 1.29 is 4.74 Å². The summed E-state index contributed by atoms with van der Waals surface area (Å²) < 4.78 is 5.65. The molecular weight excluding hydrogens is 208 g/mol. The van der Waals surface area contributed by atoms with Crippen LogP contribution >= 0.6 is 12.2 Å². The first-order valence-electron chi connectivity index (χ1n) is 5.60. The fourth-order valence-electron chi connectivity index (χ4n) is 1.84. The standard InChI is InChI=1S/C11H22N2OS/c1-8(2)12-10(15)13-9-5-6-14-11(3,4)7-9/h8-9H,5-7H2,1-4H3,(H2,12,13,15). The van der Waals surface area contributed by atoms with Gasteiger partial charge in [-0.1, -0.05) is 0 Å². The van der Waals surface area contributed by atoms with E-state index in [-0.39, 0.29) is 5.60 Å². The van der Waals surface area contributed by atoms with E-state index in [1.165, 1.54) is 0 Å². The molecule has 0 saturated carbocycles. The summed E-state index contributed by atoms with van der Waals surface area (Å²) in [6.07, 6.45) is 2.04. The van der Waals surface area contributed by atoms with E-state index in [0.29, 0.717) is 12.1 Å². The van der Waals surface area contributed by atoms with Gasteiger partial charge in [-0.15, -0.1) is 0 Å². The minimum Gasteiger partial charge on any atom is -0.375 e. The monoisotopic (exact) mass is 230 g/mol. The second kappa shape index (κ2) is 5.12. The summed E-state index contributed by atoms with van der Waals surface area (Å²) in [5.74, 6) is 0. The summed E-state index contributed by atoms with van der Waals surface area (Å²) >= 11 is 5.22. The molecule has 0 spiro atoms. The zero-order valence-electron chi connectivity index (χ0n) is 10.1. The zero-order valence-corrected chi connectivity index (χ0v) is 10.9. The first-order valence-corrected chi connectivity index (χ1v) is 6.01. The molecule has 1 rings (SSSR count). The van der Waals surface area contributed by atoms with Gasteiger partial charge in [0.05, 0.1) is 5.60 Å². The maximum absolute atomic E-state index is 5.65. The Bertz CT molecular complexity index is 229. The summed E-state index contributed by atoms with van der Waals surface area (Å²) in [4.78, 5) is 0. The van der Waals surface area contributed by atoms with Crippen LogP contribution in [0.2, 0.25) is 0 Å². The van der Waals surface area contributed by atoms with Crippen molar-refractivity contribution in [3.05, 3.63) is 0 Å². The third-order valence-corrected chi connectivity index (χ3v) is 2.69. The van der Waals surface area contributed by atoms with Crippen molar-refractivity contribution >= 4 is 17.3 Å². The van der Waals surface area contributed by atoms with Crippen LogP contribution < -0.4 is 10.6 Å². The van der Waals surface area contributed by atoms with E-state index >= 15 is 0 Å². The Labute approximate surface area is 98.0 Å². The molecule has 1 saturated heterocycles. The molecule has 0 aromatic rings. The highest BCUT2D eigenvalue weighted by Crippen LogP contribution is 2.23. The molecule has 1 fully saturated rings. The van der Waals surface area contributed by atoms with Gasteiger partial charge in [0.1, 0.15) is 0 Å². The number of nitrogens with one attached hydrogen (secondary N) is 2. The highest BCUT2D eigenvalue weighted by Gasteiger charge is 2.28. The molecule has 3 nitrogen and oxygen atoms in total. The average Bonchev–Trinajstić information content (AvgIpc) is 1.99. The third-order valence-electron chi connectivity index (χ3n) is 2.45. The minimum absolute atomic E-state index is 0.0244. The molecular formula is C11H22N2OS. The van der Waals surface area contributed by atoms with Crippen LogP contribution in [0.3, 0.4) is 0 Å². The van der Waals surface area contributed by atoms with Crippen molar-refractivity contribution in [2.75, 3.05) is 6.61 Å². The van der Waals surface area contributed by atoms with Gasteiger partial charge in [-0.3, -0.25) is 0 Å². The Morgan fingerprint density at radius 2 is 2.13 bits per heavy atom. The van der Waals surface area contributed by atoms with E-state index in [0.717, 1.165) is 24.6 Å². The van der Waals surface area contributed by atoms with E-state index in [1.807, 2.05) is 0 Å². The third kappa shape index (κ3) is 4.80. The van der Waals surface area contributed by atoms with Crippen LogP contribution in [0.4, 0.5) is 0 Å². The van der Waals surface area contributed by atoms with Crippen molar-refractivity contribution in [3.63, 3.8) is 0 Å². The van der Waals surface area contributed by atoms with Crippen molar-refractivity contribution in [2.45, 2.75) is 58.2 Å². The van der Waals surface area contributed by atoms with E-state index in [1.54, 1.807) is 0 Å². The average molecular weight is 230 g/mol. The lowest BCUT2D eigenvalue weighted by Gasteiger charge is -2.36. The van der Waals surface area contributed by atoms with Gasteiger partial charge in [0.2, 0.25) is 0 Å². The summed E-state index contributed by atoms with van der Waals surface area (Å²) in [7, 11) is 0. The summed E-state index contributed by atoms with van der Waals surface area (Å²) in [5, 5.41) is 7.30. The Kier molecular flexibility index (Phi) is 4.34. The van der Waals surface area contributed by atoms with Gasteiger partial charge in [-0.05, 0) is 52.8 Å². The fourth-order valence-corrected chi connectivity index (χ4v) is 2.25. The Hall–Kier alpha value is -0.350. The molecule has 4 heteroatoms. The van der Waals surface area contributed by atoms with Crippen molar-refractivity contribution in [1.82, 2.24) is 10.6 Å². The molecule has 0 bridgehead atoms. The molecule has 0 radical (unpaired) electrons. The van der Waals surface area contributed by atoms with Gasteiger partial charge in [0.15, 0.2) is 5.11 Å². The van der Waals surface area contributed by atoms with E-state index in [2.05, 4.69) is 38.3 Å². The number of rotatable bonds is 2. The van der Waals surface area contributed by atoms with Crippen LogP contribution in [0.1, 0.15) is 40.5 Å². The van der Waals surface area contributed by atoms with Gasteiger partial charge in [0.25, 0.3) is 0 Å². The predicted molar refractivity (Wildman–Crippen MR) is 67.1 cm³/mol. The zero-order chi connectivity index (χ0) is 11.5. The number of hydrogen-bond acceptors (Lipinski definition) is 2. The second-order valence-corrected chi connectivity index (χ2v) is 5.48. The lowest BCUT2D eigenvalue weighted by atomic mass is 9.94. The van der Waals surface area contributed by atoms with Crippen LogP contribution in [-0.4, -0.2) is 29.4 Å². The Balaban J connectivity index is 2.35. The summed E-state index contributed by atoms with van der Waals surface area (Å²) in [6.45, 7) is 9.23. The highest BCUT2D eigenvalue weighted by atomic mass is 32.1. The minimum atomic E-state index is -0.0244. The van der Waals surface area contributed by atoms with Crippen LogP contribution in [-0.2, 0) is 4.74 Å². The molecule has 2 N–H and O–H groups in total. The molecule has 1 heterocycles. The molecule has 0 aliphatic carbocycles. The Morgan fingerprint density at radius 1 is 1.47 bits per heavy atom. The second-order valence-electron chi connectivity index (χ2n) is 5.07. The lowest BCUT2D eigenvalue weighted by Crippen LogP contribution is -2.49. The maximum atomic E-state index is 5.65. The smallest absolute Gasteiger partial charge is 0.166 e. The molecule has 1 unspecified atom stereocenters. The van der Waals surface area contributed by atoms with Gasteiger partial charge >= 0.3 is 0 Å². The molecule has 1 aliphatic heterocycles. The molecule has 1 aliphatic rings. The van der Waals surface area contributed by atoms with Gasteiger partial charge in [-0.25, -0.2) is 0 Å². The summed E-state index contributed by atoms with van der Waals surface area (Å²) in [5.41, 5.74) is -0.0244. The summed E-state index contributed by atoms with van der Waals surface area (Å²) in [6, 6.07) is 0.824. The molecule has 88 valence electrons. The molecule has 1 atom stereocenters. The first kappa shape index (κ1) is 12.7. The SMILES string of the molecule is CC(C)NC(=S)NC1CCOC(C)(C)C1.